The predicted molar refractivity (Wildman–Crippen MR) is 48.9 cm³/mol. The fourth-order valence-corrected chi connectivity index (χ4v) is 1.53. The minimum absolute atomic E-state index is 0.249. The van der Waals surface area contributed by atoms with E-state index in [0.29, 0.717) is 12.0 Å². The van der Waals surface area contributed by atoms with Gasteiger partial charge in [0, 0.05) is 13.1 Å². The van der Waals surface area contributed by atoms with E-state index >= 15 is 0 Å². The summed E-state index contributed by atoms with van der Waals surface area (Å²) >= 11 is 0. The van der Waals surface area contributed by atoms with Crippen LogP contribution in [0.25, 0.3) is 0 Å². The maximum Gasteiger partial charge on any atom is 0.236 e. The van der Waals surface area contributed by atoms with E-state index in [0.717, 1.165) is 13.1 Å². The Morgan fingerprint density at radius 1 is 1.42 bits per heavy atom. The van der Waals surface area contributed by atoms with Crippen LogP contribution in [-0.2, 0) is 4.79 Å². The number of hydrogen-bond acceptors (Lipinski definition) is 2. The van der Waals surface area contributed by atoms with E-state index in [9.17, 15) is 4.79 Å². The van der Waals surface area contributed by atoms with Gasteiger partial charge in [0.1, 0.15) is 0 Å². The lowest BCUT2D eigenvalue weighted by Crippen LogP contribution is -2.57. The van der Waals surface area contributed by atoms with Gasteiger partial charge in [0.2, 0.25) is 5.91 Å². The number of carbonyl (C=O) groups is 1. The number of rotatable bonds is 2. The highest BCUT2D eigenvalue weighted by Gasteiger charge is 2.36. The molecule has 1 aliphatic heterocycles. The summed E-state index contributed by atoms with van der Waals surface area (Å²) in [5.74, 6) is 0.249. The van der Waals surface area contributed by atoms with Crippen LogP contribution in [0.5, 0.6) is 0 Å². The molecule has 1 aliphatic rings. The van der Waals surface area contributed by atoms with Crippen LogP contribution in [0.1, 0.15) is 13.8 Å². The first-order valence-corrected chi connectivity index (χ1v) is 4.33. The zero-order chi connectivity index (χ0) is 9.35. The normalized spacial score (nSPS) is 20.9. The van der Waals surface area contributed by atoms with Crippen molar-refractivity contribution >= 4 is 5.91 Å². The maximum absolute atomic E-state index is 11.4. The first-order valence-electron chi connectivity index (χ1n) is 4.33. The van der Waals surface area contributed by atoms with Gasteiger partial charge in [-0.2, -0.15) is 0 Å². The molecule has 0 aromatic rings. The molecule has 1 amide bonds. The van der Waals surface area contributed by atoms with E-state index in [2.05, 4.69) is 13.8 Å². The molecule has 1 heterocycles. The molecule has 12 heavy (non-hydrogen) atoms. The molecule has 1 rings (SSSR count). The maximum atomic E-state index is 11.4. The van der Waals surface area contributed by atoms with Crippen LogP contribution in [0.4, 0.5) is 0 Å². The van der Waals surface area contributed by atoms with Crippen molar-refractivity contribution in [3.63, 3.8) is 0 Å². The third kappa shape index (κ3) is 2.21. The summed E-state index contributed by atoms with van der Waals surface area (Å²) in [6.07, 6.45) is 0. The fraction of sp³-hybridized carbons (Fsp3) is 0.889. The number of hydrogen-bond donors (Lipinski definition) is 0. The molecule has 1 fully saturated rings. The lowest BCUT2D eigenvalue weighted by atomic mass is 9.84. The fourth-order valence-electron chi connectivity index (χ4n) is 1.53. The number of amides is 1. The summed E-state index contributed by atoms with van der Waals surface area (Å²) in [5.41, 5.74) is 0.349. The van der Waals surface area contributed by atoms with E-state index < -0.39 is 0 Å². The molecule has 70 valence electrons. The smallest absolute Gasteiger partial charge is 0.236 e. The topological polar surface area (TPSA) is 23.6 Å². The Morgan fingerprint density at radius 2 is 1.92 bits per heavy atom. The largest absolute Gasteiger partial charge is 0.340 e. The van der Waals surface area contributed by atoms with Crippen LogP contribution in [0.3, 0.4) is 0 Å². The van der Waals surface area contributed by atoms with Gasteiger partial charge in [-0.1, -0.05) is 13.8 Å². The second-order valence-corrected chi connectivity index (χ2v) is 4.65. The van der Waals surface area contributed by atoms with Crippen LogP contribution in [0.2, 0.25) is 0 Å². The van der Waals surface area contributed by atoms with Gasteiger partial charge in [-0.05, 0) is 19.5 Å². The molecule has 3 nitrogen and oxygen atoms in total. The van der Waals surface area contributed by atoms with E-state index in [-0.39, 0.29) is 5.91 Å². The molecule has 0 spiro atoms. The third-order valence-electron chi connectivity index (χ3n) is 2.04. The molecular weight excluding hydrogens is 152 g/mol. The van der Waals surface area contributed by atoms with Crippen LogP contribution in [0, 0.1) is 5.41 Å². The van der Waals surface area contributed by atoms with Crippen molar-refractivity contribution in [3.05, 3.63) is 0 Å². The molecule has 0 N–H and O–H groups in total. The van der Waals surface area contributed by atoms with Crippen LogP contribution in [0.15, 0.2) is 0 Å². The molecule has 0 aromatic carbocycles. The van der Waals surface area contributed by atoms with Crippen molar-refractivity contribution in [2.45, 2.75) is 13.8 Å². The standard InChI is InChI=1S/C9H18N2O/c1-9(2)6-11(7-9)8(12)5-10(3)4/h5-7H2,1-4H3. The van der Waals surface area contributed by atoms with Crippen molar-refractivity contribution in [3.8, 4) is 0 Å². The minimum Gasteiger partial charge on any atom is -0.340 e. The van der Waals surface area contributed by atoms with Gasteiger partial charge >= 0.3 is 0 Å². The number of carbonyl (C=O) groups excluding carboxylic acids is 1. The van der Waals surface area contributed by atoms with Gasteiger partial charge in [0.05, 0.1) is 6.54 Å². The van der Waals surface area contributed by atoms with Crippen LogP contribution < -0.4 is 0 Å². The highest BCUT2D eigenvalue weighted by Crippen LogP contribution is 2.28. The quantitative estimate of drug-likeness (QED) is 0.599. The van der Waals surface area contributed by atoms with Crippen molar-refractivity contribution < 1.29 is 4.79 Å². The SMILES string of the molecule is CN(C)CC(=O)N1CC(C)(C)C1. The second-order valence-electron chi connectivity index (χ2n) is 4.65. The second kappa shape index (κ2) is 3.05. The van der Waals surface area contributed by atoms with E-state index in [1.54, 1.807) is 0 Å². The van der Waals surface area contributed by atoms with Crippen molar-refractivity contribution in [1.29, 1.82) is 0 Å². The molecule has 0 radical (unpaired) electrons. The Bertz CT molecular complexity index is 179. The van der Waals surface area contributed by atoms with Crippen molar-refractivity contribution in [2.75, 3.05) is 33.7 Å². The Hall–Kier alpha value is -0.570. The first-order chi connectivity index (χ1) is 5.41. The highest BCUT2D eigenvalue weighted by molar-refractivity contribution is 5.79. The van der Waals surface area contributed by atoms with Crippen LogP contribution in [-0.4, -0.2) is 49.4 Å². The van der Waals surface area contributed by atoms with E-state index in [1.807, 2.05) is 23.9 Å². The Kier molecular flexibility index (Phi) is 2.42. The summed E-state index contributed by atoms with van der Waals surface area (Å²) in [6, 6.07) is 0. The molecule has 1 saturated heterocycles. The van der Waals surface area contributed by atoms with Crippen molar-refractivity contribution in [1.82, 2.24) is 9.80 Å². The van der Waals surface area contributed by atoms with E-state index in [4.69, 9.17) is 0 Å². The first kappa shape index (κ1) is 9.52. The van der Waals surface area contributed by atoms with Gasteiger partial charge in [0.15, 0.2) is 0 Å². The monoisotopic (exact) mass is 170 g/mol. The van der Waals surface area contributed by atoms with Gasteiger partial charge in [-0.3, -0.25) is 4.79 Å². The van der Waals surface area contributed by atoms with Gasteiger partial charge in [0.25, 0.3) is 0 Å². The Labute approximate surface area is 74.3 Å². The lowest BCUT2D eigenvalue weighted by Gasteiger charge is -2.46. The molecule has 0 saturated carbocycles. The van der Waals surface area contributed by atoms with Gasteiger partial charge < -0.3 is 9.80 Å². The summed E-state index contributed by atoms with van der Waals surface area (Å²) in [4.78, 5) is 15.2. The van der Waals surface area contributed by atoms with Crippen LogP contribution >= 0.6 is 0 Å². The lowest BCUT2D eigenvalue weighted by molar-refractivity contribution is -0.142. The number of likely N-dealkylation sites (N-methyl/N-ethyl adjacent to an activating group) is 1. The molecular formula is C9H18N2O. The predicted octanol–water partition coefficient (Wildman–Crippen LogP) is 0.416. The summed E-state index contributed by atoms with van der Waals surface area (Å²) < 4.78 is 0. The molecule has 0 aliphatic carbocycles. The minimum atomic E-state index is 0.249. The number of nitrogens with zero attached hydrogens (tertiary/aromatic N) is 2. The molecule has 0 bridgehead atoms. The Balaban J connectivity index is 2.29. The third-order valence-corrected chi connectivity index (χ3v) is 2.04. The molecule has 0 unspecified atom stereocenters. The summed E-state index contributed by atoms with van der Waals surface area (Å²) in [7, 11) is 3.84. The van der Waals surface area contributed by atoms with Crippen molar-refractivity contribution in [2.24, 2.45) is 5.41 Å². The van der Waals surface area contributed by atoms with Gasteiger partial charge in [-0.25, -0.2) is 0 Å². The molecule has 0 aromatic heterocycles. The van der Waals surface area contributed by atoms with Gasteiger partial charge in [-0.15, -0.1) is 0 Å². The molecule has 0 atom stereocenters. The zero-order valence-corrected chi connectivity index (χ0v) is 8.42. The average Bonchev–Trinajstić information content (AvgIpc) is 1.80. The zero-order valence-electron chi connectivity index (χ0n) is 8.42. The Morgan fingerprint density at radius 3 is 2.25 bits per heavy atom. The number of likely N-dealkylation sites (tertiary alicyclic amines) is 1. The summed E-state index contributed by atoms with van der Waals surface area (Å²) in [6.45, 7) is 6.74. The molecule has 3 heteroatoms. The summed E-state index contributed by atoms with van der Waals surface area (Å²) in [5, 5.41) is 0. The highest BCUT2D eigenvalue weighted by atomic mass is 16.2. The van der Waals surface area contributed by atoms with E-state index in [1.165, 1.54) is 0 Å². The average molecular weight is 170 g/mol.